The summed E-state index contributed by atoms with van der Waals surface area (Å²) in [5.41, 5.74) is 1.73. The van der Waals surface area contributed by atoms with Crippen molar-refractivity contribution in [2.75, 3.05) is 11.1 Å². The number of para-hydroxylation sites is 1. The summed E-state index contributed by atoms with van der Waals surface area (Å²) < 4.78 is 1.77. The van der Waals surface area contributed by atoms with Crippen molar-refractivity contribution < 1.29 is 4.79 Å². The van der Waals surface area contributed by atoms with Gasteiger partial charge in [-0.15, -0.1) is 10.2 Å². The van der Waals surface area contributed by atoms with E-state index in [4.69, 9.17) is 11.6 Å². The predicted octanol–water partition coefficient (Wildman–Crippen LogP) is 2.93. The number of carbonyl (C=O) groups is 1. The zero-order valence-corrected chi connectivity index (χ0v) is 19.0. The van der Waals surface area contributed by atoms with E-state index in [0.717, 1.165) is 16.9 Å². The molecule has 0 aliphatic carbocycles. The highest BCUT2D eigenvalue weighted by atomic mass is 35.5. The SMILES string of the molecule is Cc1ccccc1NC(=O)CSc1nnc(Cc2cc(=O)[nH]c(=O)[nH]2)n1-c1ccc(Cl)cc1. The summed E-state index contributed by atoms with van der Waals surface area (Å²) in [6.45, 7) is 1.92. The summed E-state index contributed by atoms with van der Waals surface area (Å²) >= 11 is 7.25. The Bertz CT molecular complexity index is 1380. The summed E-state index contributed by atoms with van der Waals surface area (Å²) in [4.78, 5) is 40.6. The number of benzene rings is 2. The third kappa shape index (κ3) is 5.60. The summed E-state index contributed by atoms with van der Waals surface area (Å²) in [6.07, 6.45) is 0.157. The number of anilines is 1. The first-order valence-electron chi connectivity index (χ1n) is 9.90. The molecule has 0 fully saturated rings. The topological polar surface area (TPSA) is 126 Å². The highest BCUT2D eigenvalue weighted by Gasteiger charge is 2.17. The second kappa shape index (κ2) is 9.88. The van der Waals surface area contributed by atoms with Crippen LogP contribution in [0.15, 0.2) is 69.3 Å². The van der Waals surface area contributed by atoms with Gasteiger partial charge in [-0.1, -0.05) is 41.6 Å². The summed E-state index contributed by atoms with van der Waals surface area (Å²) in [6, 6.07) is 15.9. The van der Waals surface area contributed by atoms with Crippen molar-refractivity contribution in [3.63, 3.8) is 0 Å². The number of amides is 1. The van der Waals surface area contributed by atoms with Gasteiger partial charge in [-0.2, -0.15) is 0 Å². The van der Waals surface area contributed by atoms with Gasteiger partial charge in [0.05, 0.1) is 5.75 Å². The maximum Gasteiger partial charge on any atom is 0.325 e. The monoisotopic (exact) mass is 482 g/mol. The smallest absolute Gasteiger partial charge is 0.325 e. The molecule has 4 rings (SSSR count). The minimum absolute atomic E-state index is 0.113. The quantitative estimate of drug-likeness (QED) is 0.348. The van der Waals surface area contributed by atoms with Crippen LogP contribution in [0.5, 0.6) is 0 Å². The predicted molar refractivity (Wildman–Crippen MR) is 127 cm³/mol. The molecule has 168 valence electrons. The number of aryl methyl sites for hydroxylation is 1. The lowest BCUT2D eigenvalue weighted by molar-refractivity contribution is -0.113. The van der Waals surface area contributed by atoms with Gasteiger partial charge in [0.2, 0.25) is 5.91 Å². The van der Waals surface area contributed by atoms with Crippen LogP contribution in [0.25, 0.3) is 5.69 Å². The van der Waals surface area contributed by atoms with Crippen LogP contribution in [0, 0.1) is 6.92 Å². The largest absolute Gasteiger partial charge is 0.325 e. The highest BCUT2D eigenvalue weighted by Crippen LogP contribution is 2.24. The van der Waals surface area contributed by atoms with Crippen molar-refractivity contribution in [1.29, 1.82) is 0 Å². The van der Waals surface area contributed by atoms with Crippen molar-refractivity contribution in [3.05, 3.63) is 97.5 Å². The van der Waals surface area contributed by atoms with Crippen molar-refractivity contribution in [2.24, 2.45) is 0 Å². The molecular weight excluding hydrogens is 464 g/mol. The van der Waals surface area contributed by atoms with E-state index in [0.29, 0.717) is 21.7 Å². The number of hydrogen-bond acceptors (Lipinski definition) is 6. The van der Waals surface area contributed by atoms with Crippen LogP contribution >= 0.6 is 23.4 Å². The van der Waals surface area contributed by atoms with Crippen LogP contribution < -0.4 is 16.6 Å². The Morgan fingerprint density at radius 1 is 1.09 bits per heavy atom. The van der Waals surface area contributed by atoms with Crippen molar-refractivity contribution in [3.8, 4) is 5.69 Å². The van der Waals surface area contributed by atoms with E-state index in [9.17, 15) is 14.4 Å². The van der Waals surface area contributed by atoms with E-state index in [2.05, 4.69) is 25.5 Å². The van der Waals surface area contributed by atoms with E-state index < -0.39 is 11.2 Å². The minimum atomic E-state index is -0.600. The van der Waals surface area contributed by atoms with Crippen LogP contribution in [0.4, 0.5) is 5.69 Å². The van der Waals surface area contributed by atoms with E-state index >= 15 is 0 Å². The number of hydrogen-bond donors (Lipinski definition) is 3. The Balaban J connectivity index is 1.60. The van der Waals surface area contributed by atoms with Crippen LogP contribution in [-0.4, -0.2) is 36.4 Å². The summed E-state index contributed by atoms with van der Waals surface area (Å²) in [5.74, 6) is 0.419. The first-order chi connectivity index (χ1) is 15.9. The molecule has 3 N–H and O–H groups in total. The molecule has 0 spiro atoms. The third-order valence-corrected chi connectivity index (χ3v) is 5.88. The van der Waals surface area contributed by atoms with Gasteiger partial charge in [-0.05, 0) is 42.8 Å². The summed E-state index contributed by atoms with van der Waals surface area (Å²) in [5, 5.41) is 12.4. The number of H-pyrrole nitrogens is 2. The number of halogens is 1. The fourth-order valence-electron chi connectivity index (χ4n) is 3.17. The Hall–Kier alpha value is -3.63. The van der Waals surface area contributed by atoms with E-state index in [-0.39, 0.29) is 18.1 Å². The lowest BCUT2D eigenvalue weighted by Gasteiger charge is -2.11. The average Bonchev–Trinajstić information content (AvgIpc) is 3.16. The van der Waals surface area contributed by atoms with Gasteiger partial charge in [-0.3, -0.25) is 19.1 Å². The van der Waals surface area contributed by atoms with E-state index in [1.54, 1.807) is 28.8 Å². The molecule has 0 aliphatic rings. The van der Waals surface area contributed by atoms with E-state index in [1.165, 1.54) is 17.8 Å². The first kappa shape index (κ1) is 22.6. The zero-order valence-electron chi connectivity index (χ0n) is 17.5. The number of carbonyl (C=O) groups excluding carboxylic acids is 1. The van der Waals surface area contributed by atoms with Gasteiger partial charge >= 0.3 is 5.69 Å². The third-order valence-electron chi connectivity index (χ3n) is 4.70. The molecule has 0 bridgehead atoms. The van der Waals surface area contributed by atoms with Crippen LogP contribution in [0.1, 0.15) is 17.1 Å². The lowest BCUT2D eigenvalue weighted by atomic mass is 10.2. The molecule has 2 aromatic heterocycles. The maximum atomic E-state index is 12.5. The molecule has 4 aromatic rings. The maximum absolute atomic E-state index is 12.5. The molecule has 9 nitrogen and oxygen atoms in total. The molecule has 0 saturated carbocycles. The van der Waals surface area contributed by atoms with Crippen LogP contribution in [0.3, 0.4) is 0 Å². The molecule has 0 saturated heterocycles. The Labute approximate surface area is 197 Å². The number of thioether (sulfide) groups is 1. The highest BCUT2D eigenvalue weighted by molar-refractivity contribution is 7.99. The molecular formula is C22H19ClN6O3S. The molecule has 0 atom stereocenters. The molecule has 2 aromatic carbocycles. The molecule has 1 amide bonds. The average molecular weight is 483 g/mol. The number of aromatic nitrogens is 5. The van der Waals surface area contributed by atoms with Gasteiger partial charge in [0.15, 0.2) is 5.16 Å². The molecule has 0 radical (unpaired) electrons. The van der Waals surface area contributed by atoms with Gasteiger partial charge in [0.25, 0.3) is 5.56 Å². The standard InChI is InChI=1S/C22H19ClN6O3S/c1-13-4-2-3-5-17(13)25-20(31)12-33-22-28-27-18(10-15-11-19(30)26-21(32)24-15)29(22)16-8-6-14(23)7-9-16/h2-9,11H,10,12H2,1H3,(H,25,31)(H2,24,26,30,32). The zero-order chi connectivity index (χ0) is 23.4. The Kier molecular flexibility index (Phi) is 6.76. The normalized spacial score (nSPS) is 10.8. The number of nitrogens with zero attached hydrogens (tertiary/aromatic N) is 3. The number of nitrogens with one attached hydrogen (secondary N) is 3. The Morgan fingerprint density at radius 3 is 2.58 bits per heavy atom. The second-order valence-corrected chi connectivity index (χ2v) is 8.53. The van der Waals surface area contributed by atoms with Gasteiger partial charge in [-0.25, -0.2) is 4.79 Å². The first-order valence-corrected chi connectivity index (χ1v) is 11.3. The van der Waals surface area contributed by atoms with Crippen LogP contribution in [0.2, 0.25) is 5.02 Å². The second-order valence-electron chi connectivity index (χ2n) is 7.15. The molecule has 2 heterocycles. The molecule has 0 aliphatic heterocycles. The minimum Gasteiger partial charge on any atom is -0.325 e. The van der Waals surface area contributed by atoms with Crippen molar-refractivity contribution >= 4 is 35.0 Å². The van der Waals surface area contributed by atoms with Crippen LogP contribution in [-0.2, 0) is 11.2 Å². The van der Waals surface area contributed by atoms with E-state index in [1.807, 2.05) is 31.2 Å². The molecule has 11 heteroatoms. The number of aromatic amines is 2. The number of rotatable bonds is 7. The fraction of sp³-hybridized carbons (Fsp3) is 0.136. The van der Waals surface area contributed by atoms with Crippen molar-refractivity contribution in [2.45, 2.75) is 18.5 Å². The van der Waals surface area contributed by atoms with Gasteiger partial charge < -0.3 is 10.3 Å². The lowest BCUT2D eigenvalue weighted by Crippen LogP contribution is -2.23. The van der Waals surface area contributed by atoms with Gasteiger partial charge in [0, 0.05) is 34.6 Å². The fourth-order valence-corrected chi connectivity index (χ4v) is 4.07. The Morgan fingerprint density at radius 2 is 1.85 bits per heavy atom. The summed E-state index contributed by atoms with van der Waals surface area (Å²) in [7, 11) is 0. The van der Waals surface area contributed by atoms with Crippen molar-refractivity contribution in [1.82, 2.24) is 24.7 Å². The molecule has 0 unspecified atom stereocenters. The van der Waals surface area contributed by atoms with Gasteiger partial charge in [0.1, 0.15) is 5.82 Å². The molecule has 33 heavy (non-hydrogen) atoms.